The van der Waals surface area contributed by atoms with E-state index in [1.807, 2.05) is 37.3 Å². The van der Waals surface area contributed by atoms with E-state index in [1.54, 1.807) is 24.3 Å². The predicted octanol–water partition coefficient (Wildman–Crippen LogP) is 2.77. The molecule has 0 radical (unpaired) electrons. The normalized spacial score (nSPS) is 13.7. The summed E-state index contributed by atoms with van der Waals surface area (Å²) in [6.07, 6.45) is 3.46. The van der Waals surface area contributed by atoms with E-state index in [0.717, 1.165) is 30.4 Å². The molecule has 164 valence electrons. The highest BCUT2D eigenvalue weighted by Crippen LogP contribution is 2.19. The first kappa shape index (κ1) is 22.3. The average Bonchev–Trinajstić information content (AvgIpc) is 3.58. The van der Waals surface area contributed by atoms with Gasteiger partial charge in [0.1, 0.15) is 6.04 Å². The van der Waals surface area contributed by atoms with E-state index in [9.17, 15) is 14.4 Å². The van der Waals surface area contributed by atoms with E-state index >= 15 is 0 Å². The standard InChI is InChI=1S/C24H30N4O3/c1-2-14-25-24(31)27-20-10-8-18(9-11-20)16-22(29)28-21(23(30)26-19-12-13-19)15-17-6-4-3-5-7-17/h3-11,19,21H,2,12-16H2,1H3,(H,26,30)(H,28,29)(H2,25,27,31). The topological polar surface area (TPSA) is 99.3 Å². The Hall–Kier alpha value is -3.35. The van der Waals surface area contributed by atoms with Gasteiger partial charge in [-0.1, -0.05) is 49.4 Å². The lowest BCUT2D eigenvalue weighted by atomic mass is 10.0. The van der Waals surface area contributed by atoms with Crippen molar-refractivity contribution < 1.29 is 14.4 Å². The van der Waals surface area contributed by atoms with Crippen LogP contribution in [0.25, 0.3) is 0 Å². The van der Waals surface area contributed by atoms with Gasteiger partial charge >= 0.3 is 6.03 Å². The quantitative estimate of drug-likeness (QED) is 0.474. The summed E-state index contributed by atoms with van der Waals surface area (Å²) in [6.45, 7) is 2.60. The molecule has 3 rings (SSSR count). The lowest BCUT2D eigenvalue weighted by Gasteiger charge is -2.19. The molecular weight excluding hydrogens is 392 g/mol. The summed E-state index contributed by atoms with van der Waals surface area (Å²) < 4.78 is 0. The number of nitrogens with one attached hydrogen (secondary N) is 4. The van der Waals surface area contributed by atoms with Crippen LogP contribution >= 0.6 is 0 Å². The number of urea groups is 1. The molecule has 0 bridgehead atoms. The molecule has 0 aliphatic heterocycles. The van der Waals surface area contributed by atoms with Gasteiger partial charge in [-0.2, -0.15) is 0 Å². The fraction of sp³-hybridized carbons (Fsp3) is 0.375. The number of rotatable bonds is 10. The van der Waals surface area contributed by atoms with E-state index in [4.69, 9.17) is 0 Å². The van der Waals surface area contributed by atoms with Crippen LogP contribution < -0.4 is 21.3 Å². The molecule has 1 fully saturated rings. The van der Waals surface area contributed by atoms with E-state index in [2.05, 4.69) is 21.3 Å². The molecule has 1 aliphatic carbocycles. The van der Waals surface area contributed by atoms with Crippen molar-refractivity contribution in [1.82, 2.24) is 16.0 Å². The van der Waals surface area contributed by atoms with Crippen molar-refractivity contribution in [2.24, 2.45) is 0 Å². The molecule has 1 saturated carbocycles. The van der Waals surface area contributed by atoms with Crippen molar-refractivity contribution in [2.75, 3.05) is 11.9 Å². The van der Waals surface area contributed by atoms with Crippen LogP contribution in [0.5, 0.6) is 0 Å². The van der Waals surface area contributed by atoms with Crippen LogP contribution in [-0.4, -0.2) is 36.5 Å². The molecular formula is C24H30N4O3. The maximum Gasteiger partial charge on any atom is 0.319 e. The molecule has 0 heterocycles. The molecule has 1 aliphatic rings. The third-order valence-electron chi connectivity index (χ3n) is 4.97. The molecule has 7 nitrogen and oxygen atoms in total. The monoisotopic (exact) mass is 422 g/mol. The van der Waals surface area contributed by atoms with Gasteiger partial charge in [-0.15, -0.1) is 0 Å². The van der Waals surface area contributed by atoms with Crippen molar-refractivity contribution >= 4 is 23.5 Å². The summed E-state index contributed by atoms with van der Waals surface area (Å²) in [7, 11) is 0. The van der Waals surface area contributed by atoms with Crippen LogP contribution in [0.3, 0.4) is 0 Å². The summed E-state index contributed by atoms with van der Waals surface area (Å²) in [5, 5.41) is 11.4. The molecule has 31 heavy (non-hydrogen) atoms. The van der Waals surface area contributed by atoms with E-state index in [-0.39, 0.29) is 30.3 Å². The van der Waals surface area contributed by atoms with Crippen molar-refractivity contribution in [1.29, 1.82) is 0 Å². The van der Waals surface area contributed by atoms with Crippen molar-refractivity contribution in [2.45, 2.75) is 51.1 Å². The first-order valence-electron chi connectivity index (χ1n) is 10.8. The molecule has 0 saturated heterocycles. The molecule has 4 amide bonds. The van der Waals surface area contributed by atoms with Crippen LogP contribution in [0, 0.1) is 0 Å². The second kappa shape index (κ2) is 11.2. The zero-order chi connectivity index (χ0) is 22.1. The predicted molar refractivity (Wildman–Crippen MR) is 121 cm³/mol. The molecule has 4 N–H and O–H groups in total. The molecule has 0 aromatic heterocycles. The third kappa shape index (κ3) is 7.77. The van der Waals surface area contributed by atoms with Gasteiger partial charge in [0.25, 0.3) is 0 Å². The number of carbonyl (C=O) groups is 3. The number of hydrogen-bond donors (Lipinski definition) is 4. The second-order valence-electron chi connectivity index (χ2n) is 7.85. The summed E-state index contributed by atoms with van der Waals surface area (Å²) in [6, 6.07) is 16.2. The first-order valence-corrected chi connectivity index (χ1v) is 10.8. The summed E-state index contributed by atoms with van der Waals surface area (Å²) in [5.41, 5.74) is 2.46. The third-order valence-corrected chi connectivity index (χ3v) is 4.97. The minimum Gasteiger partial charge on any atom is -0.352 e. The van der Waals surface area contributed by atoms with Crippen LogP contribution in [0.1, 0.15) is 37.3 Å². The zero-order valence-corrected chi connectivity index (χ0v) is 17.8. The van der Waals surface area contributed by atoms with E-state index < -0.39 is 6.04 Å². The van der Waals surface area contributed by atoms with Crippen LogP contribution in [0.2, 0.25) is 0 Å². The van der Waals surface area contributed by atoms with Crippen LogP contribution in [0.15, 0.2) is 54.6 Å². The first-order chi connectivity index (χ1) is 15.0. The molecule has 7 heteroatoms. The van der Waals surface area contributed by atoms with Gasteiger partial charge in [0.15, 0.2) is 0 Å². The maximum absolute atomic E-state index is 12.6. The Morgan fingerprint density at radius 1 is 0.968 bits per heavy atom. The Balaban J connectivity index is 1.55. The lowest BCUT2D eigenvalue weighted by molar-refractivity contribution is -0.128. The van der Waals surface area contributed by atoms with Gasteiger partial charge in [0, 0.05) is 24.7 Å². The number of amides is 4. The molecule has 1 unspecified atom stereocenters. The fourth-order valence-corrected chi connectivity index (χ4v) is 3.14. The minimum atomic E-state index is -0.612. The van der Waals surface area contributed by atoms with Gasteiger partial charge in [-0.25, -0.2) is 4.79 Å². The molecule has 2 aromatic rings. The van der Waals surface area contributed by atoms with Crippen LogP contribution in [-0.2, 0) is 22.4 Å². The van der Waals surface area contributed by atoms with Crippen molar-refractivity contribution in [3.8, 4) is 0 Å². The number of carbonyl (C=O) groups excluding carboxylic acids is 3. The molecule has 0 spiro atoms. The molecule has 1 atom stereocenters. The highest BCUT2D eigenvalue weighted by Gasteiger charge is 2.28. The Morgan fingerprint density at radius 3 is 2.32 bits per heavy atom. The molecule has 2 aromatic carbocycles. The second-order valence-corrected chi connectivity index (χ2v) is 7.85. The SMILES string of the molecule is CCCNC(=O)Nc1ccc(CC(=O)NC(Cc2ccccc2)C(=O)NC2CC2)cc1. The summed E-state index contributed by atoms with van der Waals surface area (Å²) in [5.74, 6) is -0.356. The number of anilines is 1. The van der Waals surface area contributed by atoms with E-state index in [0.29, 0.717) is 18.7 Å². The lowest BCUT2D eigenvalue weighted by Crippen LogP contribution is -2.49. The fourth-order valence-electron chi connectivity index (χ4n) is 3.14. The van der Waals surface area contributed by atoms with Gasteiger partial charge in [0.05, 0.1) is 6.42 Å². The minimum absolute atomic E-state index is 0.141. The van der Waals surface area contributed by atoms with Crippen LogP contribution in [0.4, 0.5) is 10.5 Å². The Labute approximate surface area is 183 Å². The largest absolute Gasteiger partial charge is 0.352 e. The van der Waals surface area contributed by atoms with Gasteiger partial charge < -0.3 is 21.3 Å². The maximum atomic E-state index is 12.6. The van der Waals surface area contributed by atoms with E-state index in [1.165, 1.54) is 0 Å². The Bertz CT molecular complexity index is 879. The highest BCUT2D eigenvalue weighted by molar-refractivity contribution is 5.90. The van der Waals surface area contributed by atoms with Gasteiger partial charge in [-0.3, -0.25) is 9.59 Å². The summed E-state index contributed by atoms with van der Waals surface area (Å²) in [4.78, 5) is 37.0. The Morgan fingerprint density at radius 2 is 1.68 bits per heavy atom. The van der Waals surface area contributed by atoms with Gasteiger partial charge in [-0.05, 0) is 42.5 Å². The number of hydrogen-bond acceptors (Lipinski definition) is 3. The van der Waals surface area contributed by atoms with Crippen molar-refractivity contribution in [3.05, 3.63) is 65.7 Å². The van der Waals surface area contributed by atoms with Crippen molar-refractivity contribution in [3.63, 3.8) is 0 Å². The average molecular weight is 423 g/mol. The Kier molecular flexibility index (Phi) is 8.04. The number of benzene rings is 2. The summed E-state index contributed by atoms with van der Waals surface area (Å²) >= 11 is 0. The highest BCUT2D eigenvalue weighted by atomic mass is 16.2. The zero-order valence-electron chi connectivity index (χ0n) is 17.8. The smallest absolute Gasteiger partial charge is 0.319 e. The van der Waals surface area contributed by atoms with Gasteiger partial charge in [0.2, 0.25) is 11.8 Å².